The molecule has 25 heavy (non-hydrogen) atoms. The van der Waals surface area contributed by atoms with Gasteiger partial charge in [0.1, 0.15) is 5.83 Å². The number of fused-ring (bicyclic) bond motifs is 1. The molecule has 1 heterocycles. The van der Waals surface area contributed by atoms with Crippen molar-refractivity contribution in [3.8, 4) is 0 Å². The molecule has 0 bridgehead atoms. The smallest absolute Gasteiger partial charge is 0.334 e. The summed E-state index contributed by atoms with van der Waals surface area (Å²) >= 11 is 1.53. The third kappa shape index (κ3) is 4.19. The highest BCUT2D eigenvalue weighted by molar-refractivity contribution is 7.20. The predicted molar refractivity (Wildman–Crippen MR) is 92.5 cm³/mol. The fraction of sp³-hybridized carbons (Fsp3) is 0.167. The molecule has 1 aromatic carbocycles. The fourth-order valence-corrected chi connectivity index (χ4v) is 3.13. The van der Waals surface area contributed by atoms with E-state index in [-0.39, 0.29) is 6.42 Å². The molecular formula is C18H15FO5S. The number of thiophene rings is 1. The number of aldehydes is 1. The van der Waals surface area contributed by atoms with Gasteiger partial charge >= 0.3 is 11.9 Å². The van der Waals surface area contributed by atoms with Crippen LogP contribution in [0.1, 0.15) is 23.0 Å². The minimum Gasteiger partial charge on any atom is -0.481 e. The molecule has 0 saturated carbocycles. The molecule has 5 nitrogen and oxygen atoms in total. The van der Waals surface area contributed by atoms with Gasteiger partial charge in [-0.3, -0.25) is 9.59 Å². The normalized spacial score (nSPS) is 19.3. The van der Waals surface area contributed by atoms with Crippen LogP contribution in [0.5, 0.6) is 0 Å². The minimum absolute atomic E-state index is 0.333. The fourth-order valence-electron chi connectivity index (χ4n) is 2.25. The molecule has 1 atom stereocenters. The summed E-state index contributed by atoms with van der Waals surface area (Å²) in [5.41, 5.74) is -1.82. The lowest BCUT2D eigenvalue weighted by Crippen LogP contribution is -2.29. The first-order valence-corrected chi connectivity index (χ1v) is 8.07. The molecule has 0 aliphatic heterocycles. The zero-order chi connectivity index (χ0) is 18.6. The van der Waals surface area contributed by atoms with Crippen molar-refractivity contribution >= 4 is 39.6 Å². The first-order chi connectivity index (χ1) is 11.8. The number of allylic oxidation sites excluding steroid dienone is 2. The van der Waals surface area contributed by atoms with Crippen LogP contribution in [0.3, 0.4) is 0 Å². The van der Waals surface area contributed by atoms with Gasteiger partial charge in [-0.2, -0.15) is 0 Å². The molecular weight excluding hydrogens is 347 g/mol. The van der Waals surface area contributed by atoms with Crippen molar-refractivity contribution in [1.82, 2.24) is 0 Å². The average Bonchev–Trinajstić information content (AvgIpc) is 3.00. The molecule has 3 rings (SSSR count). The maximum absolute atomic E-state index is 12.9. The topological polar surface area (TPSA) is 91.7 Å². The molecule has 0 radical (unpaired) electrons. The average molecular weight is 362 g/mol. The predicted octanol–water partition coefficient (Wildman–Crippen LogP) is 4.06. The highest BCUT2D eigenvalue weighted by atomic mass is 32.1. The number of rotatable bonds is 3. The summed E-state index contributed by atoms with van der Waals surface area (Å²) in [5.74, 6) is -3.46. The first kappa shape index (κ1) is 18.5. The Hall–Kier alpha value is -2.80. The van der Waals surface area contributed by atoms with Gasteiger partial charge in [0, 0.05) is 11.1 Å². The van der Waals surface area contributed by atoms with E-state index in [0.29, 0.717) is 0 Å². The van der Waals surface area contributed by atoms with Crippen molar-refractivity contribution < 1.29 is 29.0 Å². The Kier molecular flexibility index (Phi) is 5.48. The Morgan fingerprint density at radius 1 is 1.28 bits per heavy atom. The second kappa shape index (κ2) is 7.40. The number of halogens is 1. The summed E-state index contributed by atoms with van der Waals surface area (Å²) in [4.78, 5) is 32.5. The van der Waals surface area contributed by atoms with Crippen LogP contribution in [-0.2, 0) is 9.59 Å². The summed E-state index contributed by atoms with van der Waals surface area (Å²) < 4.78 is 14.1. The highest BCUT2D eigenvalue weighted by Gasteiger charge is 2.36. The Morgan fingerprint density at radius 3 is 2.52 bits per heavy atom. The van der Waals surface area contributed by atoms with E-state index < -0.39 is 28.8 Å². The van der Waals surface area contributed by atoms with E-state index in [1.54, 1.807) is 0 Å². The van der Waals surface area contributed by atoms with Crippen molar-refractivity contribution in [2.75, 3.05) is 0 Å². The number of carboxylic acid groups (broad SMARTS) is 2. The molecule has 0 fully saturated rings. The van der Waals surface area contributed by atoms with Crippen molar-refractivity contribution in [3.05, 3.63) is 58.8 Å². The minimum atomic E-state index is -1.42. The maximum atomic E-state index is 12.9. The van der Waals surface area contributed by atoms with E-state index in [2.05, 4.69) is 0 Å². The number of carbonyl (C=O) groups excluding carboxylic acids is 1. The van der Waals surface area contributed by atoms with Crippen molar-refractivity contribution in [3.63, 3.8) is 0 Å². The van der Waals surface area contributed by atoms with E-state index in [0.717, 1.165) is 28.7 Å². The summed E-state index contributed by atoms with van der Waals surface area (Å²) in [6.45, 7) is 1.35. The summed E-state index contributed by atoms with van der Waals surface area (Å²) in [6, 6.07) is 9.90. The molecule has 0 amide bonds. The number of carboxylic acids is 2. The van der Waals surface area contributed by atoms with Gasteiger partial charge in [-0.05, 0) is 30.5 Å². The number of aliphatic carboxylic acids is 2. The van der Waals surface area contributed by atoms with Gasteiger partial charge in [0.05, 0.1) is 15.9 Å². The summed E-state index contributed by atoms with van der Waals surface area (Å²) in [6.07, 6.45) is 2.61. The second-order valence-electron chi connectivity index (χ2n) is 5.67. The summed E-state index contributed by atoms with van der Waals surface area (Å²) in [5, 5.41) is 18.5. The van der Waals surface area contributed by atoms with Crippen molar-refractivity contribution in [2.24, 2.45) is 5.41 Å². The number of hydrogen-bond donors (Lipinski definition) is 2. The van der Waals surface area contributed by atoms with Gasteiger partial charge < -0.3 is 10.2 Å². The Labute approximate surface area is 146 Å². The van der Waals surface area contributed by atoms with Crippen LogP contribution < -0.4 is 0 Å². The first-order valence-electron chi connectivity index (χ1n) is 7.25. The van der Waals surface area contributed by atoms with Crippen LogP contribution in [0.25, 0.3) is 10.1 Å². The SMILES string of the molecule is CC1(C(=O)O)C=CC(F)=C(C(=O)O)C1.O=Cc1cc2ccccc2s1. The van der Waals surface area contributed by atoms with Gasteiger partial charge in [-0.1, -0.05) is 24.3 Å². The molecule has 0 saturated heterocycles. The monoisotopic (exact) mass is 362 g/mol. The van der Waals surface area contributed by atoms with Crippen LogP contribution in [0.2, 0.25) is 0 Å². The second-order valence-corrected chi connectivity index (χ2v) is 6.78. The van der Waals surface area contributed by atoms with E-state index in [4.69, 9.17) is 10.2 Å². The van der Waals surface area contributed by atoms with Gasteiger partial charge in [-0.25, -0.2) is 9.18 Å². The Morgan fingerprint density at radius 2 is 1.96 bits per heavy atom. The highest BCUT2D eigenvalue weighted by Crippen LogP contribution is 2.34. The standard InChI is InChI=1S/C9H9FO4.C9H6OS/c1-9(8(13)14)3-2-6(10)5(4-9)7(11)12;10-6-8-5-7-3-1-2-4-9(7)11-8/h2-3H,4H2,1H3,(H,11,12)(H,13,14);1-6H. The van der Waals surface area contributed by atoms with Crippen LogP contribution in [0, 0.1) is 5.41 Å². The molecule has 130 valence electrons. The van der Waals surface area contributed by atoms with Gasteiger partial charge in [0.25, 0.3) is 0 Å². The number of carbonyl (C=O) groups is 3. The molecule has 1 aromatic heterocycles. The molecule has 2 aromatic rings. The molecule has 1 unspecified atom stereocenters. The van der Waals surface area contributed by atoms with Crippen molar-refractivity contribution in [1.29, 1.82) is 0 Å². The third-order valence-electron chi connectivity index (χ3n) is 3.74. The molecule has 0 spiro atoms. The van der Waals surface area contributed by atoms with Crippen LogP contribution in [0.4, 0.5) is 4.39 Å². The molecule has 1 aliphatic carbocycles. The molecule has 1 aliphatic rings. The van der Waals surface area contributed by atoms with Gasteiger partial charge in [0.2, 0.25) is 0 Å². The Balaban J connectivity index is 0.000000185. The van der Waals surface area contributed by atoms with Gasteiger partial charge in [0.15, 0.2) is 6.29 Å². The van der Waals surface area contributed by atoms with Crippen LogP contribution in [-0.4, -0.2) is 28.4 Å². The van der Waals surface area contributed by atoms with Crippen LogP contribution >= 0.6 is 11.3 Å². The quantitative estimate of drug-likeness (QED) is 0.804. The van der Waals surface area contributed by atoms with E-state index in [1.165, 1.54) is 23.0 Å². The number of benzene rings is 1. The van der Waals surface area contributed by atoms with E-state index in [1.807, 2.05) is 30.3 Å². The molecule has 7 heteroatoms. The lowest BCUT2D eigenvalue weighted by molar-refractivity contribution is -0.145. The zero-order valence-electron chi connectivity index (χ0n) is 13.2. The zero-order valence-corrected chi connectivity index (χ0v) is 14.0. The largest absolute Gasteiger partial charge is 0.481 e. The van der Waals surface area contributed by atoms with E-state index in [9.17, 15) is 18.8 Å². The lowest BCUT2D eigenvalue weighted by Gasteiger charge is -2.23. The summed E-state index contributed by atoms with van der Waals surface area (Å²) in [7, 11) is 0. The van der Waals surface area contributed by atoms with Gasteiger partial charge in [-0.15, -0.1) is 11.3 Å². The van der Waals surface area contributed by atoms with Crippen LogP contribution in [0.15, 0.2) is 53.9 Å². The molecule has 2 N–H and O–H groups in total. The maximum Gasteiger partial charge on any atom is 0.334 e. The van der Waals surface area contributed by atoms with E-state index >= 15 is 0 Å². The third-order valence-corrected chi connectivity index (χ3v) is 4.78. The Bertz CT molecular complexity index is 863. The lowest BCUT2D eigenvalue weighted by atomic mass is 9.80. The number of hydrogen-bond acceptors (Lipinski definition) is 4. The van der Waals surface area contributed by atoms with Crippen molar-refractivity contribution in [2.45, 2.75) is 13.3 Å².